The highest BCUT2D eigenvalue weighted by Gasteiger charge is 2.34. The lowest BCUT2D eigenvalue weighted by Crippen LogP contribution is -2.15. The number of alkyl halides is 3. The van der Waals surface area contributed by atoms with Gasteiger partial charge in [0.1, 0.15) is 5.56 Å². The summed E-state index contributed by atoms with van der Waals surface area (Å²) in [5.74, 6) is -1.12. The normalized spacial score (nSPS) is 11.1. The van der Waals surface area contributed by atoms with E-state index in [2.05, 4.69) is 5.32 Å². The van der Waals surface area contributed by atoms with Crippen LogP contribution in [0.1, 0.15) is 15.9 Å². The van der Waals surface area contributed by atoms with Crippen LogP contribution in [0.3, 0.4) is 0 Å². The van der Waals surface area contributed by atoms with E-state index < -0.39 is 44.4 Å². The van der Waals surface area contributed by atoms with Crippen molar-refractivity contribution in [3.63, 3.8) is 0 Å². The lowest BCUT2D eigenvalue weighted by atomic mass is 10.1. The van der Waals surface area contributed by atoms with E-state index in [4.69, 9.17) is 11.6 Å². The van der Waals surface area contributed by atoms with E-state index in [0.29, 0.717) is 12.1 Å². The molecule has 0 saturated heterocycles. The molecule has 0 aromatic heterocycles. The molecule has 26 heavy (non-hydrogen) atoms. The Hall–Kier alpha value is -3.21. The van der Waals surface area contributed by atoms with Crippen LogP contribution in [0, 0.1) is 20.2 Å². The van der Waals surface area contributed by atoms with Crippen molar-refractivity contribution < 1.29 is 27.8 Å². The molecule has 0 spiro atoms. The van der Waals surface area contributed by atoms with Crippen LogP contribution in [0.5, 0.6) is 0 Å². The number of rotatable bonds is 4. The van der Waals surface area contributed by atoms with Gasteiger partial charge in [-0.25, -0.2) is 0 Å². The van der Waals surface area contributed by atoms with Gasteiger partial charge in [0, 0.05) is 28.9 Å². The first-order valence-electron chi connectivity index (χ1n) is 6.61. The Bertz CT molecular complexity index is 917. The van der Waals surface area contributed by atoms with Crippen LogP contribution in [0.2, 0.25) is 5.02 Å². The third-order valence-electron chi connectivity index (χ3n) is 3.12. The highest BCUT2D eigenvalue weighted by atomic mass is 35.5. The van der Waals surface area contributed by atoms with Crippen molar-refractivity contribution >= 4 is 34.6 Å². The molecule has 12 heteroatoms. The van der Waals surface area contributed by atoms with Gasteiger partial charge in [0.15, 0.2) is 0 Å². The molecular weight excluding hydrogens is 383 g/mol. The topological polar surface area (TPSA) is 115 Å². The highest BCUT2D eigenvalue weighted by Crippen LogP contribution is 2.33. The number of amides is 1. The minimum Gasteiger partial charge on any atom is -0.321 e. The van der Waals surface area contributed by atoms with E-state index >= 15 is 0 Å². The predicted octanol–water partition coefficient (Wildman–Crippen LogP) is 4.43. The number of hydrogen-bond donors (Lipinski definition) is 1. The van der Waals surface area contributed by atoms with Crippen LogP contribution in [-0.4, -0.2) is 15.8 Å². The largest absolute Gasteiger partial charge is 0.416 e. The monoisotopic (exact) mass is 389 g/mol. The average molecular weight is 390 g/mol. The summed E-state index contributed by atoms with van der Waals surface area (Å²) in [4.78, 5) is 32.1. The molecule has 0 aliphatic carbocycles. The summed E-state index contributed by atoms with van der Waals surface area (Å²) in [5.41, 5.74) is -3.60. The molecule has 0 bridgehead atoms. The summed E-state index contributed by atoms with van der Waals surface area (Å²) < 4.78 is 38.0. The molecule has 0 saturated carbocycles. The van der Waals surface area contributed by atoms with Crippen LogP contribution in [-0.2, 0) is 6.18 Å². The van der Waals surface area contributed by atoms with E-state index in [1.165, 1.54) is 0 Å². The minimum atomic E-state index is -4.83. The first-order valence-corrected chi connectivity index (χ1v) is 6.99. The van der Waals surface area contributed by atoms with Crippen LogP contribution >= 0.6 is 11.6 Å². The van der Waals surface area contributed by atoms with E-state index in [1.807, 2.05) is 0 Å². The van der Waals surface area contributed by atoms with Gasteiger partial charge in [0.05, 0.1) is 15.4 Å². The van der Waals surface area contributed by atoms with Crippen molar-refractivity contribution in [3.05, 3.63) is 72.8 Å². The fourth-order valence-electron chi connectivity index (χ4n) is 2.00. The molecule has 0 heterocycles. The minimum absolute atomic E-state index is 0.0866. The molecular formula is C14H7ClF3N3O5. The maximum absolute atomic E-state index is 12.7. The number of halogens is 4. The van der Waals surface area contributed by atoms with Crippen molar-refractivity contribution in [2.75, 3.05) is 5.32 Å². The first kappa shape index (κ1) is 19.1. The summed E-state index contributed by atoms with van der Waals surface area (Å²) in [6.07, 6.45) is -4.83. The number of nitro groups is 2. The summed E-state index contributed by atoms with van der Waals surface area (Å²) >= 11 is 5.69. The Balaban J connectivity index is 2.41. The number of nitrogens with zero attached hydrogens (tertiary/aromatic N) is 2. The van der Waals surface area contributed by atoms with Crippen LogP contribution < -0.4 is 5.32 Å². The number of nitrogens with one attached hydrogen (secondary N) is 1. The van der Waals surface area contributed by atoms with Crippen molar-refractivity contribution in [1.82, 2.24) is 0 Å². The number of carbonyl (C=O) groups excluding carboxylic acids is 1. The van der Waals surface area contributed by atoms with Gasteiger partial charge in [0.25, 0.3) is 17.3 Å². The Labute approximate surface area is 147 Å². The van der Waals surface area contributed by atoms with Crippen molar-refractivity contribution in [3.8, 4) is 0 Å². The number of nitro benzene ring substituents is 2. The smallest absolute Gasteiger partial charge is 0.321 e. The van der Waals surface area contributed by atoms with Crippen LogP contribution in [0.4, 0.5) is 30.2 Å². The molecule has 0 fully saturated rings. The predicted molar refractivity (Wildman–Crippen MR) is 84.2 cm³/mol. The van der Waals surface area contributed by atoms with Gasteiger partial charge >= 0.3 is 6.18 Å². The molecule has 2 rings (SSSR count). The second-order valence-corrected chi connectivity index (χ2v) is 5.33. The maximum Gasteiger partial charge on any atom is 0.416 e. The van der Waals surface area contributed by atoms with Gasteiger partial charge in [-0.1, -0.05) is 11.6 Å². The molecule has 8 nitrogen and oxygen atoms in total. The van der Waals surface area contributed by atoms with Gasteiger partial charge in [-0.15, -0.1) is 0 Å². The third kappa shape index (κ3) is 4.25. The molecule has 0 unspecified atom stereocenters. The number of hydrogen-bond acceptors (Lipinski definition) is 5. The molecule has 0 radical (unpaired) electrons. The third-order valence-corrected chi connectivity index (χ3v) is 3.34. The van der Waals surface area contributed by atoms with E-state index in [-0.39, 0.29) is 16.8 Å². The molecule has 1 N–H and O–H groups in total. The Morgan fingerprint density at radius 2 is 1.69 bits per heavy atom. The zero-order valence-corrected chi connectivity index (χ0v) is 13.2. The second-order valence-electron chi connectivity index (χ2n) is 4.90. The Morgan fingerprint density at radius 3 is 2.23 bits per heavy atom. The number of carbonyl (C=O) groups is 1. The van der Waals surface area contributed by atoms with Gasteiger partial charge in [-0.3, -0.25) is 25.0 Å². The SMILES string of the molecule is O=C(Nc1cc(Cl)cc([N+](=O)[O-])c1)c1ccc(C(F)(F)F)cc1[N+](=O)[O-]. The van der Waals surface area contributed by atoms with Crippen molar-refractivity contribution in [2.45, 2.75) is 6.18 Å². The molecule has 2 aromatic rings. The lowest BCUT2D eigenvalue weighted by Gasteiger charge is -2.09. The quantitative estimate of drug-likeness (QED) is 0.613. The Morgan fingerprint density at radius 1 is 1.04 bits per heavy atom. The van der Waals surface area contributed by atoms with Gasteiger partial charge in [-0.2, -0.15) is 13.2 Å². The van der Waals surface area contributed by atoms with Crippen LogP contribution in [0.15, 0.2) is 36.4 Å². The molecule has 1 amide bonds. The van der Waals surface area contributed by atoms with Crippen LogP contribution in [0.25, 0.3) is 0 Å². The molecule has 0 aliphatic rings. The second kappa shape index (κ2) is 6.96. The number of benzene rings is 2. The summed E-state index contributed by atoms with van der Waals surface area (Å²) in [5, 5.41) is 23.8. The van der Waals surface area contributed by atoms with Gasteiger partial charge in [0.2, 0.25) is 0 Å². The van der Waals surface area contributed by atoms with E-state index in [1.54, 1.807) is 0 Å². The van der Waals surface area contributed by atoms with E-state index in [9.17, 15) is 38.2 Å². The molecule has 0 atom stereocenters. The maximum atomic E-state index is 12.7. The lowest BCUT2D eigenvalue weighted by molar-refractivity contribution is -0.385. The van der Waals surface area contributed by atoms with Gasteiger partial charge in [-0.05, 0) is 18.2 Å². The molecule has 2 aromatic carbocycles. The zero-order valence-electron chi connectivity index (χ0n) is 12.4. The Kier molecular flexibility index (Phi) is 5.12. The van der Waals surface area contributed by atoms with Crippen molar-refractivity contribution in [2.24, 2.45) is 0 Å². The molecule has 136 valence electrons. The highest BCUT2D eigenvalue weighted by molar-refractivity contribution is 6.31. The zero-order chi connectivity index (χ0) is 19.6. The van der Waals surface area contributed by atoms with Crippen molar-refractivity contribution in [1.29, 1.82) is 0 Å². The number of anilines is 1. The summed E-state index contributed by atoms with van der Waals surface area (Å²) in [7, 11) is 0. The average Bonchev–Trinajstić information content (AvgIpc) is 2.52. The fraction of sp³-hybridized carbons (Fsp3) is 0.0714. The van der Waals surface area contributed by atoms with E-state index in [0.717, 1.165) is 18.2 Å². The van der Waals surface area contributed by atoms with Gasteiger partial charge < -0.3 is 5.32 Å². The molecule has 0 aliphatic heterocycles. The first-order chi connectivity index (χ1) is 12.0. The number of non-ortho nitro benzene ring substituents is 1. The standard InChI is InChI=1S/C14H7ClF3N3O5/c15-8-4-9(6-10(5-8)20(23)24)19-13(22)11-2-1-7(14(16,17)18)3-12(11)21(25)26/h1-6H,(H,19,22). The fourth-order valence-corrected chi connectivity index (χ4v) is 2.23. The summed E-state index contributed by atoms with van der Waals surface area (Å²) in [6.45, 7) is 0. The summed E-state index contributed by atoms with van der Waals surface area (Å²) in [6, 6.07) is 4.49.